The zero-order valence-corrected chi connectivity index (χ0v) is 14.4. The van der Waals surface area contributed by atoms with Crippen LogP contribution < -0.4 is 14.8 Å². The Kier molecular flexibility index (Phi) is 6.63. The summed E-state index contributed by atoms with van der Waals surface area (Å²) in [5.74, 6) is 1.64. The fourth-order valence-electron chi connectivity index (χ4n) is 2.34. The minimum absolute atomic E-state index is 0.00169. The van der Waals surface area contributed by atoms with Crippen LogP contribution in [0.3, 0.4) is 0 Å². The van der Waals surface area contributed by atoms with Gasteiger partial charge in [-0.25, -0.2) is 0 Å². The summed E-state index contributed by atoms with van der Waals surface area (Å²) in [5.41, 5.74) is 2.18. The van der Waals surface area contributed by atoms with Crippen molar-refractivity contribution in [2.24, 2.45) is 0 Å². The van der Waals surface area contributed by atoms with E-state index in [0.29, 0.717) is 19.6 Å². The van der Waals surface area contributed by atoms with Crippen molar-refractivity contribution >= 4 is 5.91 Å². The normalized spacial score (nSPS) is 10.5. The highest BCUT2D eigenvalue weighted by Gasteiger charge is 2.07. The third-order valence-corrected chi connectivity index (χ3v) is 3.67. The molecule has 0 bridgehead atoms. The van der Waals surface area contributed by atoms with E-state index in [4.69, 9.17) is 9.47 Å². The summed E-state index contributed by atoms with van der Waals surface area (Å²) in [6, 6.07) is 15.5. The quantitative estimate of drug-likeness (QED) is 0.809. The number of likely N-dealkylation sites (N-methyl/N-ethyl adjacent to an activating group) is 1. The first-order valence-electron chi connectivity index (χ1n) is 7.82. The van der Waals surface area contributed by atoms with Crippen LogP contribution in [-0.2, 0) is 17.9 Å². The number of nitrogens with one attached hydrogen (secondary N) is 1. The Hall–Kier alpha value is -2.53. The van der Waals surface area contributed by atoms with Gasteiger partial charge in [0, 0.05) is 13.1 Å². The molecule has 0 aliphatic rings. The van der Waals surface area contributed by atoms with Crippen molar-refractivity contribution < 1.29 is 14.3 Å². The van der Waals surface area contributed by atoms with Crippen LogP contribution in [-0.4, -0.2) is 38.6 Å². The third kappa shape index (κ3) is 5.59. The molecule has 0 unspecified atom stereocenters. The molecule has 0 fully saturated rings. The third-order valence-electron chi connectivity index (χ3n) is 3.67. The van der Waals surface area contributed by atoms with Gasteiger partial charge in [0.25, 0.3) is 0 Å². The highest BCUT2D eigenvalue weighted by Crippen LogP contribution is 2.13. The minimum Gasteiger partial charge on any atom is -0.497 e. The maximum absolute atomic E-state index is 12.0. The summed E-state index contributed by atoms with van der Waals surface area (Å²) < 4.78 is 10.3. The first-order valence-corrected chi connectivity index (χ1v) is 7.82. The fraction of sp³-hybridized carbons (Fsp3) is 0.316. The van der Waals surface area contributed by atoms with Crippen molar-refractivity contribution in [2.75, 3.05) is 27.8 Å². The van der Waals surface area contributed by atoms with Gasteiger partial charge in [-0.15, -0.1) is 0 Å². The Labute approximate surface area is 143 Å². The second-order valence-corrected chi connectivity index (χ2v) is 5.65. The van der Waals surface area contributed by atoms with Crippen molar-refractivity contribution in [3.8, 4) is 11.5 Å². The van der Waals surface area contributed by atoms with Gasteiger partial charge in [-0.3, -0.25) is 9.69 Å². The number of methoxy groups -OCH3 is 2. The summed E-state index contributed by atoms with van der Waals surface area (Å²) >= 11 is 0. The van der Waals surface area contributed by atoms with Gasteiger partial charge in [0.1, 0.15) is 11.5 Å². The molecule has 0 aliphatic carbocycles. The molecular formula is C19H24N2O3. The van der Waals surface area contributed by atoms with E-state index >= 15 is 0 Å². The molecule has 1 amide bonds. The lowest BCUT2D eigenvalue weighted by atomic mass is 10.2. The zero-order valence-electron chi connectivity index (χ0n) is 14.4. The summed E-state index contributed by atoms with van der Waals surface area (Å²) in [6.07, 6.45) is 0. The van der Waals surface area contributed by atoms with Gasteiger partial charge < -0.3 is 14.8 Å². The van der Waals surface area contributed by atoms with Gasteiger partial charge in [0.2, 0.25) is 5.91 Å². The molecule has 0 aromatic heterocycles. The van der Waals surface area contributed by atoms with Crippen molar-refractivity contribution in [3.63, 3.8) is 0 Å². The number of nitrogens with zero attached hydrogens (tertiary/aromatic N) is 1. The molecule has 0 aliphatic heterocycles. The van der Waals surface area contributed by atoms with E-state index in [2.05, 4.69) is 5.32 Å². The van der Waals surface area contributed by atoms with Crippen molar-refractivity contribution in [2.45, 2.75) is 13.1 Å². The van der Waals surface area contributed by atoms with Crippen LogP contribution in [0.2, 0.25) is 0 Å². The van der Waals surface area contributed by atoms with Crippen LogP contribution in [0.5, 0.6) is 11.5 Å². The SMILES string of the molecule is COc1ccc(CNC(=O)CN(C)Cc2ccc(OC)cc2)cc1. The molecule has 0 radical (unpaired) electrons. The molecule has 2 aromatic carbocycles. The second kappa shape index (κ2) is 8.93. The molecular weight excluding hydrogens is 304 g/mol. The second-order valence-electron chi connectivity index (χ2n) is 5.65. The predicted octanol–water partition coefficient (Wildman–Crippen LogP) is 2.45. The molecule has 5 nitrogen and oxygen atoms in total. The molecule has 0 heterocycles. The van der Waals surface area contributed by atoms with Crippen molar-refractivity contribution in [3.05, 3.63) is 59.7 Å². The van der Waals surface area contributed by atoms with Gasteiger partial charge in [0.05, 0.1) is 20.8 Å². The molecule has 0 saturated carbocycles. The first kappa shape index (κ1) is 17.8. The van der Waals surface area contributed by atoms with Crippen LogP contribution in [0.4, 0.5) is 0 Å². The van der Waals surface area contributed by atoms with Crippen molar-refractivity contribution in [1.29, 1.82) is 0 Å². The van der Waals surface area contributed by atoms with E-state index < -0.39 is 0 Å². The summed E-state index contributed by atoms with van der Waals surface area (Å²) in [4.78, 5) is 14.0. The topological polar surface area (TPSA) is 50.8 Å². The van der Waals surface area contributed by atoms with E-state index in [9.17, 15) is 4.79 Å². The Morgan fingerprint density at radius 3 is 1.92 bits per heavy atom. The van der Waals surface area contributed by atoms with Gasteiger partial charge in [-0.05, 0) is 42.4 Å². The Bertz CT molecular complexity index is 639. The van der Waals surface area contributed by atoms with Crippen LogP contribution in [0.1, 0.15) is 11.1 Å². The molecule has 0 atom stereocenters. The molecule has 1 N–H and O–H groups in total. The van der Waals surface area contributed by atoms with Gasteiger partial charge in [0.15, 0.2) is 0 Å². The lowest BCUT2D eigenvalue weighted by molar-refractivity contribution is -0.122. The lowest BCUT2D eigenvalue weighted by Crippen LogP contribution is -2.34. The first-order chi connectivity index (χ1) is 11.6. The van der Waals surface area contributed by atoms with E-state index in [1.165, 1.54) is 0 Å². The molecule has 128 valence electrons. The molecule has 5 heteroatoms. The number of ether oxygens (including phenoxy) is 2. The number of amides is 1. The average Bonchev–Trinajstić information content (AvgIpc) is 2.61. The standard InChI is InChI=1S/C19H24N2O3/c1-21(13-16-6-10-18(24-3)11-7-16)14-19(22)20-12-15-4-8-17(23-2)9-5-15/h4-11H,12-14H2,1-3H3,(H,20,22). The summed E-state index contributed by atoms with van der Waals surface area (Å²) in [6.45, 7) is 1.57. The number of hydrogen-bond donors (Lipinski definition) is 1. The molecule has 2 rings (SSSR count). The largest absolute Gasteiger partial charge is 0.497 e. The highest BCUT2D eigenvalue weighted by atomic mass is 16.5. The number of carbonyl (C=O) groups is 1. The van der Waals surface area contributed by atoms with E-state index in [-0.39, 0.29) is 5.91 Å². The van der Waals surface area contributed by atoms with Crippen LogP contribution in [0.25, 0.3) is 0 Å². The number of hydrogen-bond acceptors (Lipinski definition) is 4. The number of benzene rings is 2. The predicted molar refractivity (Wildman–Crippen MR) is 94.2 cm³/mol. The van der Waals surface area contributed by atoms with Gasteiger partial charge >= 0.3 is 0 Å². The number of rotatable bonds is 8. The van der Waals surface area contributed by atoms with E-state index in [0.717, 1.165) is 22.6 Å². The average molecular weight is 328 g/mol. The van der Waals surface area contributed by atoms with Crippen LogP contribution >= 0.6 is 0 Å². The number of carbonyl (C=O) groups excluding carboxylic acids is 1. The monoisotopic (exact) mass is 328 g/mol. The van der Waals surface area contributed by atoms with Crippen LogP contribution in [0.15, 0.2) is 48.5 Å². The maximum Gasteiger partial charge on any atom is 0.234 e. The zero-order chi connectivity index (χ0) is 17.4. The Morgan fingerprint density at radius 2 is 1.42 bits per heavy atom. The molecule has 2 aromatic rings. The van der Waals surface area contributed by atoms with Crippen LogP contribution in [0, 0.1) is 0 Å². The lowest BCUT2D eigenvalue weighted by Gasteiger charge is -2.16. The smallest absolute Gasteiger partial charge is 0.234 e. The molecule has 0 spiro atoms. The minimum atomic E-state index is 0.00169. The molecule has 24 heavy (non-hydrogen) atoms. The van der Waals surface area contributed by atoms with E-state index in [1.54, 1.807) is 14.2 Å². The fourth-order valence-corrected chi connectivity index (χ4v) is 2.34. The summed E-state index contributed by atoms with van der Waals surface area (Å²) in [7, 11) is 5.21. The highest BCUT2D eigenvalue weighted by molar-refractivity contribution is 5.77. The van der Waals surface area contributed by atoms with E-state index in [1.807, 2.05) is 60.5 Å². The van der Waals surface area contributed by atoms with Crippen molar-refractivity contribution in [1.82, 2.24) is 10.2 Å². The Balaban J connectivity index is 1.75. The van der Waals surface area contributed by atoms with Gasteiger partial charge in [-0.2, -0.15) is 0 Å². The molecule has 0 saturated heterocycles. The summed E-state index contributed by atoms with van der Waals surface area (Å²) in [5, 5.41) is 2.93. The Morgan fingerprint density at radius 1 is 0.917 bits per heavy atom. The van der Waals surface area contributed by atoms with Gasteiger partial charge in [-0.1, -0.05) is 24.3 Å². The maximum atomic E-state index is 12.0.